The number of rotatable bonds is 3. The van der Waals surface area contributed by atoms with Crippen LogP contribution in [0.5, 0.6) is 11.5 Å². The van der Waals surface area contributed by atoms with E-state index in [2.05, 4.69) is 9.97 Å². The molecule has 0 aliphatic heterocycles. The Kier molecular flexibility index (Phi) is 3.53. The second-order valence-corrected chi connectivity index (χ2v) is 5.05. The van der Waals surface area contributed by atoms with Gasteiger partial charge in [-0.1, -0.05) is 0 Å². The van der Waals surface area contributed by atoms with Crippen LogP contribution < -0.4 is 0 Å². The topological polar surface area (TPSA) is 66.2 Å². The van der Waals surface area contributed by atoms with E-state index < -0.39 is 0 Å². The van der Waals surface area contributed by atoms with E-state index in [1.54, 1.807) is 24.3 Å². The minimum Gasteiger partial charge on any atom is -0.506 e. The Morgan fingerprint density at radius 2 is 1.19 bits per heavy atom. The van der Waals surface area contributed by atoms with Gasteiger partial charge in [-0.05, 0) is 45.9 Å². The van der Waals surface area contributed by atoms with Crippen LogP contribution in [0.4, 0.5) is 0 Å². The Morgan fingerprint density at radius 3 is 1.50 bits per heavy atom. The first-order valence-corrected chi connectivity index (χ1v) is 6.53. The van der Waals surface area contributed by atoms with Gasteiger partial charge in [-0.25, -0.2) is 9.97 Å². The van der Waals surface area contributed by atoms with Gasteiger partial charge in [-0.15, -0.1) is 0 Å². The van der Waals surface area contributed by atoms with Gasteiger partial charge >= 0.3 is 0 Å². The van der Waals surface area contributed by atoms with Gasteiger partial charge in [0.1, 0.15) is 21.6 Å². The van der Waals surface area contributed by atoms with Gasteiger partial charge in [0.2, 0.25) is 0 Å². The van der Waals surface area contributed by atoms with Crippen molar-refractivity contribution in [3.05, 3.63) is 36.7 Å². The zero-order chi connectivity index (χ0) is 11.4. The molecular weight excluding hydrogens is 244 g/mol. The second kappa shape index (κ2) is 5.09. The zero-order valence-corrected chi connectivity index (χ0v) is 9.70. The summed E-state index contributed by atoms with van der Waals surface area (Å²) in [6.07, 6.45) is 2.79. The highest BCUT2D eigenvalue weighted by Crippen LogP contribution is 2.35. The van der Waals surface area contributed by atoms with E-state index >= 15 is 0 Å². The minimum atomic E-state index is 0.150. The summed E-state index contributed by atoms with van der Waals surface area (Å²) in [5.41, 5.74) is 0. The maximum absolute atomic E-state index is 9.05. The van der Waals surface area contributed by atoms with Crippen molar-refractivity contribution in [1.29, 1.82) is 0 Å². The fraction of sp³-hybridized carbons (Fsp3) is 0. The molecule has 0 aromatic carbocycles. The van der Waals surface area contributed by atoms with Gasteiger partial charge < -0.3 is 10.2 Å². The van der Waals surface area contributed by atoms with Crippen molar-refractivity contribution < 1.29 is 10.2 Å². The maximum atomic E-state index is 9.05. The average Bonchev–Trinajstić information content (AvgIpc) is 2.30. The van der Waals surface area contributed by atoms with Crippen molar-refractivity contribution in [1.82, 2.24) is 9.97 Å². The molecule has 0 spiro atoms. The van der Waals surface area contributed by atoms with Crippen LogP contribution in [-0.2, 0) is 0 Å². The summed E-state index contributed by atoms with van der Waals surface area (Å²) in [5.74, 6) is 0.300. The molecule has 16 heavy (non-hydrogen) atoms. The third-order valence-corrected chi connectivity index (χ3v) is 3.84. The summed E-state index contributed by atoms with van der Waals surface area (Å²) < 4.78 is 0. The van der Waals surface area contributed by atoms with Crippen LogP contribution in [0.3, 0.4) is 0 Å². The van der Waals surface area contributed by atoms with Crippen molar-refractivity contribution in [2.45, 2.75) is 10.1 Å². The van der Waals surface area contributed by atoms with E-state index in [0.717, 1.165) is 10.1 Å². The molecule has 0 fully saturated rings. The lowest BCUT2D eigenvalue weighted by Gasteiger charge is -1.99. The molecular formula is C10H8N2O2S2. The van der Waals surface area contributed by atoms with Crippen LogP contribution in [0, 0.1) is 0 Å². The molecule has 2 heterocycles. The highest BCUT2D eigenvalue weighted by molar-refractivity contribution is 8.76. The summed E-state index contributed by atoms with van der Waals surface area (Å²) in [6.45, 7) is 0. The first kappa shape index (κ1) is 11.1. The highest BCUT2D eigenvalue weighted by atomic mass is 33.1. The van der Waals surface area contributed by atoms with Crippen molar-refractivity contribution in [2.75, 3.05) is 0 Å². The SMILES string of the molecule is Oc1ccc(SSc2ccc(O)cn2)nc1. The van der Waals surface area contributed by atoms with E-state index in [1.807, 2.05) is 0 Å². The largest absolute Gasteiger partial charge is 0.506 e. The Morgan fingerprint density at radius 1 is 0.750 bits per heavy atom. The molecule has 0 radical (unpaired) electrons. The van der Waals surface area contributed by atoms with Crippen molar-refractivity contribution in [3.8, 4) is 11.5 Å². The van der Waals surface area contributed by atoms with Crippen LogP contribution in [-0.4, -0.2) is 20.2 Å². The molecule has 0 unspecified atom stereocenters. The molecule has 0 saturated carbocycles. The van der Waals surface area contributed by atoms with E-state index in [0.29, 0.717) is 0 Å². The summed E-state index contributed by atoms with van der Waals surface area (Å²) in [5, 5.41) is 19.7. The van der Waals surface area contributed by atoms with E-state index in [9.17, 15) is 0 Å². The number of hydrogen-bond acceptors (Lipinski definition) is 6. The standard InChI is InChI=1S/C10H8N2O2S2/c13-7-1-3-9(11-5-7)15-16-10-4-2-8(14)6-12-10/h1-6,13-14H. The number of aromatic nitrogens is 2. The molecule has 82 valence electrons. The van der Waals surface area contributed by atoms with E-state index in [4.69, 9.17) is 10.2 Å². The Bertz CT molecular complexity index is 414. The predicted molar refractivity (Wildman–Crippen MR) is 63.5 cm³/mol. The molecule has 2 rings (SSSR count). The highest BCUT2D eigenvalue weighted by Gasteiger charge is 2.00. The second-order valence-electron chi connectivity index (χ2n) is 2.88. The van der Waals surface area contributed by atoms with E-state index in [1.165, 1.54) is 34.0 Å². The fourth-order valence-electron chi connectivity index (χ4n) is 0.929. The van der Waals surface area contributed by atoms with Crippen molar-refractivity contribution in [2.24, 2.45) is 0 Å². The molecule has 0 bridgehead atoms. The lowest BCUT2D eigenvalue weighted by molar-refractivity contribution is 0.471. The normalized spacial score (nSPS) is 10.2. The first-order chi connectivity index (χ1) is 7.74. The Hall–Kier alpha value is -1.40. The van der Waals surface area contributed by atoms with Crippen LogP contribution in [0.1, 0.15) is 0 Å². The number of hydrogen-bond donors (Lipinski definition) is 2. The molecule has 0 aliphatic carbocycles. The summed E-state index contributed by atoms with van der Waals surface area (Å²) in [6, 6.07) is 6.63. The molecule has 2 aromatic heterocycles. The zero-order valence-electron chi connectivity index (χ0n) is 8.07. The van der Waals surface area contributed by atoms with Gasteiger partial charge in [-0.3, -0.25) is 0 Å². The van der Waals surface area contributed by atoms with Gasteiger partial charge in [0.05, 0.1) is 12.4 Å². The van der Waals surface area contributed by atoms with Crippen LogP contribution in [0.2, 0.25) is 0 Å². The molecule has 2 N–H and O–H groups in total. The smallest absolute Gasteiger partial charge is 0.133 e. The first-order valence-electron chi connectivity index (χ1n) is 4.38. The maximum Gasteiger partial charge on any atom is 0.133 e. The monoisotopic (exact) mass is 252 g/mol. The summed E-state index contributed by atoms with van der Waals surface area (Å²) in [7, 11) is 2.88. The minimum absolute atomic E-state index is 0.150. The molecule has 0 aliphatic rings. The predicted octanol–water partition coefficient (Wildman–Crippen LogP) is 2.69. The Labute approximate surface area is 100 Å². The molecule has 4 nitrogen and oxygen atoms in total. The summed E-state index contributed by atoms with van der Waals surface area (Å²) in [4.78, 5) is 8.05. The van der Waals surface area contributed by atoms with Gasteiger partial charge in [0.25, 0.3) is 0 Å². The van der Waals surface area contributed by atoms with Crippen molar-refractivity contribution >= 4 is 21.6 Å². The number of pyridine rings is 2. The van der Waals surface area contributed by atoms with Crippen LogP contribution in [0.25, 0.3) is 0 Å². The van der Waals surface area contributed by atoms with Crippen LogP contribution in [0.15, 0.2) is 46.7 Å². The number of nitrogens with zero attached hydrogens (tertiary/aromatic N) is 2. The van der Waals surface area contributed by atoms with Gasteiger partial charge in [0, 0.05) is 0 Å². The summed E-state index contributed by atoms with van der Waals surface area (Å²) >= 11 is 0. The number of aromatic hydroxyl groups is 2. The van der Waals surface area contributed by atoms with E-state index in [-0.39, 0.29) is 11.5 Å². The lowest BCUT2D eigenvalue weighted by Crippen LogP contribution is -1.77. The third-order valence-electron chi connectivity index (χ3n) is 1.65. The van der Waals surface area contributed by atoms with Crippen LogP contribution >= 0.6 is 21.6 Å². The van der Waals surface area contributed by atoms with Gasteiger partial charge in [0.15, 0.2) is 0 Å². The molecule has 6 heteroatoms. The fourth-order valence-corrected chi connectivity index (χ4v) is 2.64. The lowest BCUT2D eigenvalue weighted by atomic mass is 10.5. The molecule has 0 amide bonds. The van der Waals surface area contributed by atoms with Crippen molar-refractivity contribution in [3.63, 3.8) is 0 Å². The van der Waals surface area contributed by atoms with Gasteiger partial charge in [-0.2, -0.15) is 0 Å². The molecule has 2 aromatic rings. The Balaban J connectivity index is 1.97. The third kappa shape index (κ3) is 3.04. The average molecular weight is 252 g/mol. The quantitative estimate of drug-likeness (QED) is 0.819. The molecule has 0 atom stereocenters. The molecule has 0 saturated heterocycles.